The van der Waals surface area contributed by atoms with Gasteiger partial charge in [0.05, 0.1) is 0 Å². The van der Waals surface area contributed by atoms with Crippen LogP contribution in [0.2, 0.25) is 0 Å². The minimum atomic E-state index is -1.92. The molecule has 1 N–H and O–H groups in total. The van der Waals surface area contributed by atoms with Gasteiger partial charge in [0.2, 0.25) is 6.17 Å². The van der Waals surface area contributed by atoms with Crippen molar-refractivity contribution in [1.82, 2.24) is 0 Å². The first-order chi connectivity index (χ1) is 6.18. The highest BCUT2D eigenvalue weighted by Crippen LogP contribution is 1.88. The van der Waals surface area contributed by atoms with Crippen LogP contribution in [0.25, 0.3) is 0 Å². The number of aliphatic carboxylic acids is 1. The maximum atomic E-state index is 11.5. The normalized spacial score (nSPS) is 10.5. The largest absolute Gasteiger partial charge is 0.479 e. The summed E-state index contributed by atoms with van der Waals surface area (Å²) < 4.78 is 11.5. The third kappa shape index (κ3) is 6.75. The molecule has 13 heavy (non-hydrogen) atoms. The van der Waals surface area contributed by atoms with E-state index < -0.39 is 12.1 Å². The van der Waals surface area contributed by atoms with Crippen LogP contribution in [0.15, 0.2) is 49.1 Å². The van der Waals surface area contributed by atoms with Crippen LogP contribution < -0.4 is 0 Å². The Bertz CT molecular complexity index is 220. The Balaban J connectivity index is 0.000000223. The lowest BCUT2D eigenvalue weighted by atomic mass is 10.4. The van der Waals surface area contributed by atoms with Gasteiger partial charge in [-0.1, -0.05) is 43.0 Å². The Morgan fingerprint density at radius 3 is 1.62 bits per heavy atom. The summed E-state index contributed by atoms with van der Waals surface area (Å²) in [6.45, 7) is 2.93. The van der Waals surface area contributed by atoms with Crippen molar-refractivity contribution in [3.63, 3.8) is 0 Å². The summed E-state index contributed by atoms with van der Waals surface area (Å²) in [5, 5.41) is 7.74. The number of halogens is 1. The van der Waals surface area contributed by atoms with Crippen molar-refractivity contribution in [2.24, 2.45) is 0 Å². The van der Waals surface area contributed by atoms with Gasteiger partial charge in [0, 0.05) is 0 Å². The van der Waals surface area contributed by atoms with Crippen molar-refractivity contribution >= 4 is 5.97 Å². The van der Waals surface area contributed by atoms with Crippen LogP contribution in [0, 0.1) is 0 Å². The standard InChI is InChI=1S/C6H6.C4H5FO2/c1-2-4-6-5-3-1;1-2-3(5)4(6)7/h1-6H;2-3H,1H2,(H,6,7). The molecule has 0 aromatic heterocycles. The molecule has 0 fully saturated rings. The van der Waals surface area contributed by atoms with E-state index in [-0.39, 0.29) is 0 Å². The molecule has 0 aliphatic rings. The fourth-order valence-electron chi connectivity index (χ4n) is 0.486. The van der Waals surface area contributed by atoms with E-state index in [0.717, 1.165) is 6.08 Å². The molecule has 1 atom stereocenters. The summed E-state index contributed by atoms with van der Waals surface area (Å²) in [6.07, 6.45) is -1.19. The Morgan fingerprint density at radius 2 is 1.54 bits per heavy atom. The molecule has 70 valence electrons. The number of hydrogen-bond donors (Lipinski definition) is 1. The first kappa shape index (κ1) is 11.4. The average molecular weight is 182 g/mol. The van der Waals surface area contributed by atoms with Crippen molar-refractivity contribution in [3.8, 4) is 0 Å². The molecule has 0 aliphatic heterocycles. The molecule has 0 aliphatic carbocycles. The predicted molar refractivity (Wildman–Crippen MR) is 49.2 cm³/mol. The monoisotopic (exact) mass is 182 g/mol. The third-order valence-corrected chi connectivity index (χ3v) is 1.11. The second kappa shape index (κ2) is 7.03. The lowest BCUT2D eigenvalue weighted by Gasteiger charge is -1.87. The maximum absolute atomic E-state index is 11.5. The summed E-state index contributed by atoms with van der Waals surface area (Å²) in [7, 11) is 0. The zero-order valence-electron chi connectivity index (χ0n) is 7.06. The van der Waals surface area contributed by atoms with Crippen molar-refractivity contribution in [2.75, 3.05) is 0 Å². The Morgan fingerprint density at radius 1 is 1.23 bits per heavy atom. The maximum Gasteiger partial charge on any atom is 0.342 e. The fraction of sp³-hybridized carbons (Fsp3) is 0.100. The minimum Gasteiger partial charge on any atom is -0.479 e. The van der Waals surface area contributed by atoms with Crippen molar-refractivity contribution < 1.29 is 14.3 Å². The van der Waals surface area contributed by atoms with E-state index in [0.29, 0.717) is 0 Å². The number of hydrogen-bond acceptors (Lipinski definition) is 1. The van der Waals surface area contributed by atoms with Gasteiger partial charge < -0.3 is 5.11 Å². The number of benzene rings is 1. The van der Waals surface area contributed by atoms with E-state index in [2.05, 4.69) is 6.58 Å². The van der Waals surface area contributed by atoms with Gasteiger partial charge in [-0.2, -0.15) is 0 Å². The van der Waals surface area contributed by atoms with Gasteiger partial charge in [-0.25, -0.2) is 9.18 Å². The number of carbonyl (C=O) groups is 1. The van der Waals surface area contributed by atoms with Crippen LogP contribution in [-0.4, -0.2) is 17.2 Å². The first-order valence-electron chi connectivity index (χ1n) is 3.68. The molecular formula is C10H11FO2. The molecule has 3 heteroatoms. The SMILES string of the molecule is C=CC(F)C(=O)O.c1ccccc1. The molecular weight excluding hydrogens is 171 g/mol. The molecule has 1 rings (SSSR count). The molecule has 0 saturated carbocycles. The molecule has 0 radical (unpaired) electrons. The molecule has 0 amide bonds. The topological polar surface area (TPSA) is 37.3 Å². The molecule has 0 spiro atoms. The lowest BCUT2D eigenvalue weighted by molar-refractivity contribution is -0.140. The fourth-order valence-corrected chi connectivity index (χ4v) is 0.486. The number of carboxylic acid groups (broad SMARTS) is 1. The van der Waals surface area contributed by atoms with Crippen molar-refractivity contribution in [2.45, 2.75) is 6.17 Å². The van der Waals surface area contributed by atoms with E-state index >= 15 is 0 Å². The van der Waals surface area contributed by atoms with Gasteiger partial charge in [-0.15, -0.1) is 0 Å². The van der Waals surface area contributed by atoms with Gasteiger partial charge in [0.1, 0.15) is 0 Å². The van der Waals surface area contributed by atoms with Gasteiger partial charge in [-0.3, -0.25) is 0 Å². The predicted octanol–water partition coefficient (Wildman–Crippen LogP) is 2.28. The highest BCUT2D eigenvalue weighted by Gasteiger charge is 2.07. The summed E-state index contributed by atoms with van der Waals surface area (Å²) in [6, 6.07) is 12.0. The van der Waals surface area contributed by atoms with Crippen LogP contribution in [-0.2, 0) is 4.79 Å². The quantitative estimate of drug-likeness (QED) is 0.712. The molecule has 0 heterocycles. The Kier molecular flexibility index (Phi) is 6.15. The van der Waals surface area contributed by atoms with Crippen LogP contribution >= 0.6 is 0 Å². The zero-order valence-corrected chi connectivity index (χ0v) is 7.06. The summed E-state index contributed by atoms with van der Waals surface area (Å²) in [5.74, 6) is -1.49. The first-order valence-corrected chi connectivity index (χ1v) is 3.68. The lowest BCUT2D eigenvalue weighted by Crippen LogP contribution is -2.09. The van der Waals surface area contributed by atoms with Crippen LogP contribution in [0.1, 0.15) is 0 Å². The van der Waals surface area contributed by atoms with E-state index in [4.69, 9.17) is 5.11 Å². The van der Waals surface area contributed by atoms with Gasteiger partial charge >= 0.3 is 5.97 Å². The molecule has 0 bridgehead atoms. The smallest absolute Gasteiger partial charge is 0.342 e. The number of rotatable bonds is 2. The van der Waals surface area contributed by atoms with Crippen LogP contribution in [0.3, 0.4) is 0 Å². The van der Waals surface area contributed by atoms with E-state index in [1.165, 1.54) is 0 Å². The molecule has 2 nitrogen and oxygen atoms in total. The summed E-state index contributed by atoms with van der Waals surface area (Å²) >= 11 is 0. The third-order valence-electron chi connectivity index (χ3n) is 1.11. The highest BCUT2D eigenvalue weighted by molar-refractivity contribution is 5.74. The molecule has 1 unspecified atom stereocenters. The number of alkyl halides is 1. The Hall–Kier alpha value is -1.64. The van der Waals surface area contributed by atoms with E-state index in [1.54, 1.807) is 0 Å². The Labute approximate surface area is 76.3 Å². The van der Waals surface area contributed by atoms with Crippen LogP contribution in [0.5, 0.6) is 0 Å². The van der Waals surface area contributed by atoms with Crippen LogP contribution in [0.4, 0.5) is 4.39 Å². The average Bonchev–Trinajstić information content (AvgIpc) is 2.20. The van der Waals surface area contributed by atoms with Crippen molar-refractivity contribution in [3.05, 3.63) is 49.1 Å². The molecule has 1 aromatic rings. The highest BCUT2D eigenvalue weighted by atomic mass is 19.1. The zero-order chi connectivity index (χ0) is 10.1. The minimum absolute atomic E-state index is 0.725. The number of carboxylic acids is 1. The molecule has 0 saturated heterocycles. The van der Waals surface area contributed by atoms with Gasteiger partial charge in [0.15, 0.2) is 0 Å². The van der Waals surface area contributed by atoms with Gasteiger partial charge in [0.25, 0.3) is 0 Å². The summed E-state index contributed by atoms with van der Waals surface area (Å²) in [4.78, 5) is 9.48. The van der Waals surface area contributed by atoms with E-state index in [1.807, 2.05) is 36.4 Å². The summed E-state index contributed by atoms with van der Waals surface area (Å²) in [5.41, 5.74) is 0. The van der Waals surface area contributed by atoms with Crippen molar-refractivity contribution in [1.29, 1.82) is 0 Å². The van der Waals surface area contributed by atoms with Gasteiger partial charge in [-0.05, 0) is 6.08 Å². The molecule has 1 aromatic carbocycles. The van der Waals surface area contributed by atoms with E-state index in [9.17, 15) is 9.18 Å². The second-order valence-electron chi connectivity index (χ2n) is 2.13. The second-order valence-corrected chi connectivity index (χ2v) is 2.13.